The minimum absolute atomic E-state index is 0.776. The monoisotopic (exact) mass is 262 g/mol. The second kappa shape index (κ2) is 3.86. The molecule has 0 bridgehead atoms. The number of benzene rings is 1. The third-order valence-electron chi connectivity index (χ3n) is 2.78. The number of halogens is 1. The van der Waals surface area contributed by atoms with E-state index in [4.69, 9.17) is 11.6 Å². The molecule has 0 fully saturated rings. The third-order valence-corrected chi connectivity index (χ3v) is 4.21. The summed E-state index contributed by atoms with van der Waals surface area (Å²) in [6.07, 6.45) is 0. The highest BCUT2D eigenvalue weighted by atomic mass is 35.5. The van der Waals surface area contributed by atoms with Crippen LogP contribution in [0.3, 0.4) is 0 Å². The van der Waals surface area contributed by atoms with Gasteiger partial charge in [0.1, 0.15) is 5.82 Å². The van der Waals surface area contributed by atoms with Crippen LogP contribution in [-0.4, -0.2) is 12.0 Å². The standard InChI is InChI=1S/C13H11ClN2S/c1-7-5-10-9-6-8(14)3-4-11(9)17-12(10)13(15-2)16-7/h3-6H,1-2H3,(H,15,16). The van der Waals surface area contributed by atoms with Crippen LogP contribution in [0.1, 0.15) is 5.69 Å². The van der Waals surface area contributed by atoms with E-state index in [1.807, 2.05) is 26.1 Å². The largest absolute Gasteiger partial charge is 0.372 e. The van der Waals surface area contributed by atoms with E-state index in [-0.39, 0.29) is 0 Å². The van der Waals surface area contributed by atoms with Gasteiger partial charge in [0.15, 0.2) is 0 Å². The number of thiophene rings is 1. The first kappa shape index (κ1) is 10.8. The van der Waals surface area contributed by atoms with Crippen LogP contribution in [0.4, 0.5) is 5.82 Å². The molecule has 0 spiro atoms. The number of aromatic nitrogens is 1. The van der Waals surface area contributed by atoms with Crippen molar-refractivity contribution in [2.75, 3.05) is 12.4 Å². The van der Waals surface area contributed by atoms with E-state index in [1.54, 1.807) is 11.3 Å². The highest BCUT2D eigenvalue weighted by molar-refractivity contribution is 7.26. The van der Waals surface area contributed by atoms with Crippen molar-refractivity contribution in [3.8, 4) is 0 Å². The number of rotatable bonds is 1. The Hall–Kier alpha value is -1.32. The zero-order valence-corrected chi connectivity index (χ0v) is 11.1. The maximum absolute atomic E-state index is 6.06. The summed E-state index contributed by atoms with van der Waals surface area (Å²) in [6.45, 7) is 2.01. The third kappa shape index (κ3) is 1.66. The summed E-state index contributed by atoms with van der Waals surface area (Å²) in [5, 5.41) is 6.36. The maximum Gasteiger partial charge on any atom is 0.144 e. The second-order valence-corrected chi connectivity index (χ2v) is 5.47. The van der Waals surface area contributed by atoms with Crippen molar-refractivity contribution < 1.29 is 0 Å². The number of nitrogens with zero attached hydrogens (tertiary/aromatic N) is 1. The molecule has 0 aliphatic rings. The number of fused-ring (bicyclic) bond motifs is 3. The van der Waals surface area contributed by atoms with Crippen molar-refractivity contribution >= 4 is 48.9 Å². The number of aryl methyl sites for hydroxylation is 1. The van der Waals surface area contributed by atoms with E-state index in [2.05, 4.69) is 22.4 Å². The van der Waals surface area contributed by atoms with Crippen molar-refractivity contribution in [3.05, 3.63) is 35.0 Å². The van der Waals surface area contributed by atoms with Crippen LogP contribution in [-0.2, 0) is 0 Å². The van der Waals surface area contributed by atoms with Crippen LogP contribution in [0.5, 0.6) is 0 Å². The van der Waals surface area contributed by atoms with Crippen molar-refractivity contribution in [2.45, 2.75) is 6.92 Å². The Morgan fingerprint density at radius 1 is 1.24 bits per heavy atom. The molecule has 0 unspecified atom stereocenters. The van der Waals surface area contributed by atoms with Gasteiger partial charge in [0, 0.05) is 33.2 Å². The second-order valence-electron chi connectivity index (χ2n) is 3.98. The number of hydrogen-bond donors (Lipinski definition) is 1. The van der Waals surface area contributed by atoms with Crippen LogP contribution < -0.4 is 5.32 Å². The van der Waals surface area contributed by atoms with E-state index in [0.29, 0.717) is 0 Å². The smallest absolute Gasteiger partial charge is 0.144 e. The average molecular weight is 263 g/mol. The van der Waals surface area contributed by atoms with E-state index in [9.17, 15) is 0 Å². The van der Waals surface area contributed by atoms with Crippen molar-refractivity contribution in [2.24, 2.45) is 0 Å². The molecule has 0 aliphatic carbocycles. The van der Waals surface area contributed by atoms with E-state index < -0.39 is 0 Å². The Balaban J connectivity index is 2.52. The molecular weight excluding hydrogens is 252 g/mol. The Morgan fingerprint density at radius 2 is 2.06 bits per heavy atom. The van der Waals surface area contributed by atoms with Gasteiger partial charge in [0.05, 0.1) is 4.70 Å². The summed E-state index contributed by atoms with van der Waals surface area (Å²) in [4.78, 5) is 4.50. The lowest BCUT2D eigenvalue weighted by Crippen LogP contribution is -1.93. The first-order valence-electron chi connectivity index (χ1n) is 5.36. The molecule has 0 saturated carbocycles. The van der Waals surface area contributed by atoms with Crippen LogP contribution in [0, 0.1) is 6.92 Å². The van der Waals surface area contributed by atoms with E-state index in [0.717, 1.165) is 16.5 Å². The fourth-order valence-corrected chi connectivity index (χ4v) is 3.38. The topological polar surface area (TPSA) is 24.9 Å². The average Bonchev–Trinajstić information content (AvgIpc) is 2.66. The molecule has 0 amide bonds. The molecule has 2 aromatic heterocycles. The van der Waals surface area contributed by atoms with Gasteiger partial charge in [0.25, 0.3) is 0 Å². The predicted molar refractivity (Wildman–Crippen MR) is 76.4 cm³/mol. The van der Waals surface area contributed by atoms with Gasteiger partial charge < -0.3 is 5.32 Å². The Morgan fingerprint density at radius 3 is 2.82 bits per heavy atom. The molecular formula is C13H11ClN2S. The number of anilines is 1. The zero-order valence-electron chi connectivity index (χ0n) is 9.54. The van der Waals surface area contributed by atoms with Gasteiger partial charge in [0.2, 0.25) is 0 Å². The fraction of sp³-hybridized carbons (Fsp3) is 0.154. The minimum atomic E-state index is 0.776. The highest BCUT2D eigenvalue weighted by Crippen LogP contribution is 2.38. The number of hydrogen-bond acceptors (Lipinski definition) is 3. The summed E-state index contributed by atoms with van der Waals surface area (Å²) in [5.41, 5.74) is 1.02. The summed E-state index contributed by atoms with van der Waals surface area (Å²) in [5.74, 6) is 0.942. The summed E-state index contributed by atoms with van der Waals surface area (Å²) >= 11 is 7.81. The summed E-state index contributed by atoms with van der Waals surface area (Å²) in [7, 11) is 1.90. The molecule has 17 heavy (non-hydrogen) atoms. The van der Waals surface area contributed by atoms with Gasteiger partial charge in [-0.15, -0.1) is 11.3 Å². The van der Waals surface area contributed by atoms with Gasteiger partial charge in [-0.05, 0) is 31.2 Å². The normalized spacial score (nSPS) is 11.2. The predicted octanol–water partition coefficient (Wildman–Crippen LogP) is 4.45. The van der Waals surface area contributed by atoms with Crippen molar-refractivity contribution in [1.29, 1.82) is 0 Å². The number of nitrogens with one attached hydrogen (secondary N) is 1. The lowest BCUT2D eigenvalue weighted by Gasteiger charge is -2.02. The van der Waals surface area contributed by atoms with E-state index >= 15 is 0 Å². The van der Waals surface area contributed by atoms with Gasteiger partial charge in [-0.1, -0.05) is 11.6 Å². The molecule has 2 nitrogen and oxygen atoms in total. The molecule has 3 aromatic rings. The van der Waals surface area contributed by atoms with E-state index in [1.165, 1.54) is 20.2 Å². The van der Waals surface area contributed by atoms with Crippen molar-refractivity contribution in [1.82, 2.24) is 4.98 Å². The number of pyridine rings is 1. The lowest BCUT2D eigenvalue weighted by molar-refractivity contribution is 1.21. The molecule has 3 rings (SSSR count). The SMILES string of the molecule is CNc1nc(C)cc2c1sc1ccc(Cl)cc12. The molecule has 0 aliphatic heterocycles. The maximum atomic E-state index is 6.06. The Labute approximate surface area is 108 Å². The molecule has 86 valence electrons. The van der Waals surface area contributed by atoms with Gasteiger partial charge in [-0.3, -0.25) is 0 Å². The van der Waals surface area contributed by atoms with Gasteiger partial charge in [-0.2, -0.15) is 0 Å². The lowest BCUT2D eigenvalue weighted by atomic mass is 10.1. The molecule has 1 N–H and O–H groups in total. The minimum Gasteiger partial charge on any atom is -0.372 e. The van der Waals surface area contributed by atoms with Gasteiger partial charge >= 0.3 is 0 Å². The molecule has 1 aromatic carbocycles. The van der Waals surface area contributed by atoms with Crippen LogP contribution >= 0.6 is 22.9 Å². The molecule has 0 atom stereocenters. The van der Waals surface area contributed by atoms with Crippen LogP contribution in [0.25, 0.3) is 20.2 Å². The quantitative estimate of drug-likeness (QED) is 0.701. The molecule has 0 radical (unpaired) electrons. The highest BCUT2D eigenvalue weighted by Gasteiger charge is 2.10. The molecule has 4 heteroatoms. The molecule has 0 saturated heterocycles. The van der Waals surface area contributed by atoms with Crippen molar-refractivity contribution in [3.63, 3.8) is 0 Å². The van der Waals surface area contributed by atoms with Crippen LogP contribution in [0.2, 0.25) is 5.02 Å². The Bertz CT molecular complexity index is 718. The van der Waals surface area contributed by atoms with Gasteiger partial charge in [-0.25, -0.2) is 4.98 Å². The molecule has 2 heterocycles. The first-order chi connectivity index (χ1) is 8.19. The zero-order chi connectivity index (χ0) is 12.0. The fourth-order valence-electron chi connectivity index (χ4n) is 2.05. The Kier molecular flexibility index (Phi) is 2.45. The summed E-state index contributed by atoms with van der Waals surface area (Å²) < 4.78 is 2.43. The summed E-state index contributed by atoms with van der Waals surface area (Å²) in [6, 6.07) is 8.13. The van der Waals surface area contributed by atoms with Crippen LogP contribution in [0.15, 0.2) is 24.3 Å². The first-order valence-corrected chi connectivity index (χ1v) is 6.55.